The van der Waals surface area contributed by atoms with Crippen LogP contribution >= 0.6 is 0 Å². The molecule has 2 heterocycles. The Morgan fingerprint density at radius 1 is 1.65 bits per heavy atom. The summed E-state index contributed by atoms with van der Waals surface area (Å²) in [5.41, 5.74) is -0.219. The number of aromatic amines is 1. The Balaban J connectivity index is 2.01. The molecule has 0 saturated carbocycles. The lowest BCUT2D eigenvalue weighted by Gasteiger charge is -2.41. The first-order valence-corrected chi connectivity index (χ1v) is 6.22. The Hall–Kier alpha value is -2.31. The Kier molecular flexibility index (Phi) is 3.78. The molecule has 7 nitrogen and oxygen atoms in total. The van der Waals surface area contributed by atoms with Gasteiger partial charge >= 0.3 is 11.9 Å². The van der Waals surface area contributed by atoms with Crippen molar-refractivity contribution >= 4 is 18.3 Å². The molecule has 0 spiro atoms. The molecule has 0 aliphatic carbocycles. The third kappa shape index (κ3) is 2.81. The minimum atomic E-state index is -0.976. The highest BCUT2D eigenvalue weighted by atomic mass is 16.5. The zero-order chi connectivity index (χ0) is 14.8. The van der Waals surface area contributed by atoms with Gasteiger partial charge in [-0.05, 0) is 19.1 Å². The number of esters is 1. The number of hydrogen-bond acceptors (Lipinski definition) is 5. The average Bonchev–Trinajstić information content (AvgIpc) is 2.93. The lowest BCUT2D eigenvalue weighted by Crippen LogP contribution is -2.53. The number of nitrogens with one attached hydrogen (secondary N) is 1. The van der Waals surface area contributed by atoms with E-state index in [2.05, 4.69) is 9.98 Å². The summed E-state index contributed by atoms with van der Waals surface area (Å²) in [6, 6.07) is 2.52. The van der Waals surface area contributed by atoms with E-state index in [4.69, 9.17) is 9.84 Å². The third-order valence-electron chi connectivity index (χ3n) is 3.52. The fourth-order valence-electron chi connectivity index (χ4n) is 2.00. The monoisotopic (exact) mass is 279 g/mol. The first-order valence-electron chi connectivity index (χ1n) is 6.22. The van der Waals surface area contributed by atoms with Gasteiger partial charge in [-0.3, -0.25) is 4.99 Å². The van der Waals surface area contributed by atoms with Crippen LogP contribution in [0.25, 0.3) is 0 Å². The second kappa shape index (κ2) is 5.36. The molecule has 2 rings (SSSR count). The molecule has 0 saturated heterocycles. The lowest BCUT2D eigenvalue weighted by atomic mass is 9.91. The molecular formula is C13H17N3O4. The number of aromatic nitrogens is 1. The Morgan fingerprint density at radius 2 is 2.40 bits per heavy atom. The van der Waals surface area contributed by atoms with Gasteiger partial charge in [-0.1, -0.05) is 0 Å². The van der Waals surface area contributed by atoms with Gasteiger partial charge in [-0.15, -0.1) is 0 Å². The van der Waals surface area contributed by atoms with Crippen LogP contribution in [-0.2, 0) is 9.53 Å². The summed E-state index contributed by atoms with van der Waals surface area (Å²) >= 11 is 0. The number of hydrogen-bond donors (Lipinski definition) is 2. The fourth-order valence-corrected chi connectivity index (χ4v) is 2.00. The summed E-state index contributed by atoms with van der Waals surface area (Å²) in [4.78, 5) is 31.3. The van der Waals surface area contributed by atoms with Crippen molar-refractivity contribution < 1.29 is 19.4 Å². The highest BCUT2D eigenvalue weighted by Gasteiger charge is 2.38. The maximum Gasteiger partial charge on any atom is 0.354 e. The van der Waals surface area contributed by atoms with Crippen LogP contribution in [0.4, 0.5) is 0 Å². The third-order valence-corrected chi connectivity index (χ3v) is 3.52. The first-order chi connectivity index (χ1) is 9.42. The van der Waals surface area contributed by atoms with Gasteiger partial charge in [0.25, 0.3) is 0 Å². The summed E-state index contributed by atoms with van der Waals surface area (Å²) in [7, 11) is 1.78. The van der Waals surface area contributed by atoms with Gasteiger partial charge in [0.15, 0.2) is 6.04 Å². The van der Waals surface area contributed by atoms with Crippen LogP contribution in [0.2, 0.25) is 0 Å². The molecule has 1 aliphatic rings. The van der Waals surface area contributed by atoms with Gasteiger partial charge in [0, 0.05) is 19.7 Å². The summed E-state index contributed by atoms with van der Waals surface area (Å²) in [6.45, 7) is 1.94. The van der Waals surface area contributed by atoms with Crippen molar-refractivity contribution in [2.45, 2.75) is 24.9 Å². The molecule has 108 valence electrons. The minimum Gasteiger partial charge on any atom is -0.480 e. The number of carboxylic acids is 1. The summed E-state index contributed by atoms with van der Waals surface area (Å²) < 4.78 is 5.26. The number of nitrogens with zero attached hydrogens (tertiary/aromatic N) is 2. The van der Waals surface area contributed by atoms with Crippen molar-refractivity contribution in [2.24, 2.45) is 4.99 Å². The molecular weight excluding hydrogens is 262 g/mol. The van der Waals surface area contributed by atoms with Crippen LogP contribution in [0.1, 0.15) is 23.8 Å². The number of H-pyrrole nitrogens is 1. The van der Waals surface area contributed by atoms with Crippen LogP contribution in [0.15, 0.2) is 23.3 Å². The number of rotatable bonds is 4. The SMILES string of the molecule is CN1C=N[C@@H](C(=O)O)C[C@]1(C)COC(=O)c1ccc[nH]1. The van der Waals surface area contributed by atoms with Gasteiger partial charge in [0.05, 0.1) is 11.9 Å². The molecule has 2 N–H and O–H groups in total. The Labute approximate surface area is 116 Å². The molecule has 7 heteroatoms. The zero-order valence-electron chi connectivity index (χ0n) is 11.4. The molecule has 1 aliphatic heterocycles. The van der Waals surface area contributed by atoms with E-state index in [0.29, 0.717) is 5.69 Å². The van der Waals surface area contributed by atoms with Crippen LogP contribution in [0.3, 0.4) is 0 Å². The van der Waals surface area contributed by atoms with Gasteiger partial charge < -0.3 is 19.7 Å². The highest BCUT2D eigenvalue weighted by Crippen LogP contribution is 2.25. The number of aliphatic carboxylic acids is 1. The number of carbonyl (C=O) groups excluding carboxylic acids is 1. The Bertz CT molecular complexity index is 526. The van der Waals surface area contributed by atoms with E-state index >= 15 is 0 Å². The van der Waals surface area contributed by atoms with Crippen molar-refractivity contribution in [3.8, 4) is 0 Å². The molecule has 0 bridgehead atoms. The van der Waals surface area contributed by atoms with E-state index in [1.54, 1.807) is 30.3 Å². The van der Waals surface area contributed by atoms with Crippen molar-refractivity contribution in [1.82, 2.24) is 9.88 Å². The van der Waals surface area contributed by atoms with Crippen molar-refractivity contribution in [1.29, 1.82) is 0 Å². The maximum absolute atomic E-state index is 11.8. The molecule has 1 aromatic rings. The second-order valence-corrected chi connectivity index (χ2v) is 5.09. The number of likely N-dealkylation sites (N-methyl/N-ethyl adjacent to an activating group) is 1. The van der Waals surface area contributed by atoms with Crippen LogP contribution in [-0.4, -0.2) is 58.5 Å². The van der Waals surface area contributed by atoms with Crippen LogP contribution in [0, 0.1) is 0 Å². The molecule has 0 aromatic carbocycles. The lowest BCUT2D eigenvalue weighted by molar-refractivity contribution is -0.139. The molecule has 20 heavy (non-hydrogen) atoms. The number of ether oxygens (including phenoxy) is 1. The van der Waals surface area contributed by atoms with E-state index in [0.717, 1.165) is 0 Å². The van der Waals surface area contributed by atoms with Crippen LogP contribution < -0.4 is 0 Å². The molecule has 0 unspecified atom stereocenters. The number of carbonyl (C=O) groups is 2. The van der Waals surface area contributed by atoms with Crippen molar-refractivity contribution in [3.05, 3.63) is 24.0 Å². The molecule has 0 fully saturated rings. The highest BCUT2D eigenvalue weighted by molar-refractivity contribution is 5.87. The smallest absolute Gasteiger partial charge is 0.354 e. The summed E-state index contributed by atoms with van der Waals surface area (Å²) in [6.07, 6.45) is 3.40. The Morgan fingerprint density at radius 3 is 3.00 bits per heavy atom. The average molecular weight is 279 g/mol. The van der Waals surface area contributed by atoms with Gasteiger partial charge in [0.1, 0.15) is 12.3 Å². The summed E-state index contributed by atoms with van der Waals surface area (Å²) in [5, 5.41) is 9.04. The van der Waals surface area contributed by atoms with Crippen molar-refractivity contribution in [2.75, 3.05) is 13.7 Å². The van der Waals surface area contributed by atoms with Gasteiger partial charge in [0.2, 0.25) is 0 Å². The molecule has 0 radical (unpaired) electrons. The van der Waals surface area contributed by atoms with E-state index in [-0.39, 0.29) is 13.0 Å². The van der Waals surface area contributed by atoms with E-state index < -0.39 is 23.5 Å². The van der Waals surface area contributed by atoms with Gasteiger partial charge in [-0.2, -0.15) is 0 Å². The molecule has 0 amide bonds. The molecule has 2 atom stereocenters. The maximum atomic E-state index is 11.8. The van der Waals surface area contributed by atoms with Crippen LogP contribution in [0.5, 0.6) is 0 Å². The van der Waals surface area contributed by atoms with Gasteiger partial charge in [-0.25, -0.2) is 9.59 Å². The molecule has 1 aromatic heterocycles. The first kappa shape index (κ1) is 14.1. The predicted octanol–water partition coefficient (Wildman–Crippen LogP) is 0.747. The quantitative estimate of drug-likeness (QED) is 0.793. The standard InChI is InChI=1S/C13H17N3O4/c1-13(6-10(11(17)18)15-8-16(13)2)7-20-12(19)9-4-3-5-14-9/h3-5,8,10,14H,6-7H2,1-2H3,(H,17,18)/t10-,13-/m1/s1. The zero-order valence-corrected chi connectivity index (χ0v) is 11.4. The summed E-state index contributed by atoms with van der Waals surface area (Å²) in [5.74, 6) is -1.43. The topological polar surface area (TPSA) is 95.0 Å². The van der Waals surface area contributed by atoms with E-state index in [1.165, 1.54) is 6.34 Å². The van der Waals surface area contributed by atoms with E-state index in [1.807, 2.05) is 6.92 Å². The normalized spacial score (nSPS) is 25.5. The predicted molar refractivity (Wildman–Crippen MR) is 71.8 cm³/mol. The number of carboxylic acid groups (broad SMARTS) is 1. The van der Waals surface area contributed by atoms with Crippen molar-refractivity contribution in [3.63, 3.8) is 0 Å². The fraction of sp³-hybridized carbons (Fsp3) is 0.462. The minimum absolute atomic E-state index is 0.0944. The van der Waals surface area contributed by atoms with E-state index in [9.17, 15) is 9.59 Å². The second-order valence-electron chi connectivity index (χ2n) is 5.09. The number of aliphatic imine (C=N–C) groups is 1. The largest absolute Gasteiger partial charge is 0.480 e.